The van der Waals surface area contributed by atoms with E-state index in [2.05, 4.69) is 11.4 Å². The number of hydrogen-bond donors (Lipinski definition) is 2. The van der Waals surface area contributed by atoms with Gasteiger partial charge in [0.2, 0.25) is 5.91 Å². The number of nitrogens with one attached hydrogen (secondary N) is 1. The quantitative estimate of drug-likeness (QED) is 0.846. The van der Waals surface area contributed by atoms with Crippen LogP contribution in [-0.4, -0.2) is 17.5 Å². The molecule has 18 heavy (non-hydrogen) atoms. The van der Waals surface area contributed by atoms with Crippen molar-refractivity contribution in [3.63, 3.8) is 0 Å². The van der Waals surface area contributed by atoms with Crippen molar-refractivity contribution in [1.82, 2.24) is 5.32 Å². The summed E-state index contributed by atoms with van der Waals surface area (Å²) in [5.41, 5.74) is 5.23. The monoisotopic (exact) mass is 290 g/mol. The number of amides is 1. The van der Waals surface area contributed by atoms with Gasteiger partial charge in [-0.15, -0.1) is 23.7 Å². The lowest BCUT2D eigenvalue weighted by molar-refractivity contribution is -0.126. The van der Waals surface area contributed by atoms with Crippen LogP contribution in [-0.2, 0) is 11.2 Å². The van der Waals surface area contributed by atoms with E-state index in [1.54, 1.807) is 18.3 Å². The topological polar surface area (TPSA) is 55.1 Å². The molecule has 3 N–H and O–H groups in total. The number of carbonyl (C=O) groups excluding carboxylic acids is 1. The lowest BCUT2D eigenvalue weighted by Crippen LogP contribution is -2.53. The minimum absolute atomic E-state index is 0. The van der Waals surface area contributed by atoms with E-state index in [0.717, 1.165) is 12.8 Å². The fourth-order valence-corrected chi connectivity index (χ4v) is 2.64. The Bertz CT molecular complexity index is 352. The van der Waals surface area contributed by atoms with Gasteiger partial charge in [0, 0.05) is 17.3 Å². The van der Waals surface area contributed by atoms with Gasteiger partial charge in [0.25, 0.3) is 0 Å². The summed E-state index contributed by atoms with van der Waals surface area (Å²) >= 11 is 1.71. The Balaban J connectivity index is 0.00000289. The first-order chi connectivity index (χ1) is 7.95. The molecule has 0 fully saturated rings. The zero-order valence-corrected chi connectivity index (χ0v) is 12.9. The highest BCUT2D eigenvalue weighted by Crippen LogP contribution is 2.13. The molecule has 1 rings (SSSR count). The summed E-state index contributed by atoms with van der Waals surface area (Å²) in [6.07, 6.45) is 2.50. The predicted molar refractivity (Wildman–Crippen MR) is 80.4 cm³/mol. The first-order valence-electron chi connectivity index (χ1n) is 6.08. The van der Waals surface area contributed by atoms with Gasteiger partial charge in [-0.05, 0) is 31.7 Å². The molecule has 0 aliphatic carbocycles. The summed E-state index contributed by atoms with van der Waals surface area (Å²) in [4.78, 5) is 13.2. The first kappa shape index (κ1) is 17.4. The molecule has 1 aromatic heterocycles. The molecule has 0 aromatic carbocycles. The molecule has 2 atom stereocenters. The molecule has 0 radical (unpaired) electrons. The normalized spacial score (nSPS) is 15.3. The van der Waals surface area contributed by atoms with Crippen molar-refractivity contribution in [3.8, 4) is 0 Å². The van der Waals surface area contributed by atoms with E-state index in [9.17, 15) is 4.79 Å². The van der Waals surface area contributed by atoms with Crippen LogP contribution >= 0.6 is 23.7 Å². The fraction of sp³-hybridized carbons (Fsp3) is 0.615. The number of hydrogen-bond acceptors (Lipinski definition) is 3. The van der Waals surface area contributed by atoms with Gasteiger partial charge in [-0.3, -0.25) is 4.79 Å². The summed E-state index contributed by atoms with van der Waals surface area (Å²) in [6.45, 7) is 5.84. The van der Waals surface area contributed by atoms with Crippen LogP contribution in [0.5, 0.6) is 0 Å². The molecule has 0 spiro atoms. The van der Waals surface area contributed by atoms with Crippen molar-refractivity contribution >= 4 is 29.7 Å². The molecule has 2 unspecified atom stereocenters. The van der Waals surface area contributed by atoms with Crippen LogP contribution < -0.4 is 11.1 Å². The third-order valence-corrected chi connectivity index (χ3v) is 3.65. The summed E-state index contributed by atoms with van der Waals surface area (Å²) in [5.74, 6) is -0.0524. The summed E-state index contributed by atoms with van der Waals surface area (Å²) in [6, 6.07) is 4.24. The predicted octanol–water partition coefficient (Wildman–Crippen LogP) is 2.73. The second-order valence-electron chi connectivity index (χ2n) is 4.83. The Kier molecular flexibility index (Phi) is 7.52. The average Bonchev–Trinajstić information content (AvgIpc) is 2.69. The van der Waals surface area contributed by atoms with Crippen molar-refractivity contribution in [2.45, 2.75) is 51.6 Å². The van der Waals surface area contributed by atoms with E-state index in [0.29, 0.717) is 6.42 Å². The van der Waals surface area contributed by atoms with Crippen molar-refractivity contribution < 1.29 is 4.79 Å². The molecular weight excluding hydrogens is 268 g/mol. The van der Waals surface area contributed by atoms with Gasteiger partial charge in [-0.25, -0.2) is 0 Å². The lowest BCUT2D eigenvalue weighted by atomic mass is 9.96. The number of carbonyl (C=O) groups is 1. The van der Waals surface area contributed by atoms with Crippen molar-refractivity contribution in [3.05, 3.63) is 22.4 Å². The standard InChI is InChI=1S/C13H22N2OS.ClH/c1-4-7-13(3,14)12(16)15-10(2)9-11-6-5-8-17-11;/h5-6,8,10H,4,7,9,14H2,1-3H3,(H,15,16);1H. The third kappa shape index (κ3) is 5.38. The van der Waals surface area contributed by atoms with Crippen molar-refractivity contribution in [2.75, 3.05) is 0 Å². The maximum Gasteiger partial charge on any atom is 0.240 e. The van der Waals surface area contributed by atoms with Crippen LogP contribution in [0, 0.1) is 0 Å². The Morgan fingerprint density at radius 2 is 2.28 bits per heavy atom. The zero-order valence-electron chi connectivity index (χ0n) is 11.2. The number of nitrogens with two attached hydrogens (primary N) is 1. The van der Waals surface area contributed by atoms with Crippen molar-refractivity contribution in [1.29, 1.82) is 0 Å². The molecule has 0 bridgehead atoms. The highest BCUT2D eigenvalue weighted by atomic mass is 35.5. The van der Waals surface area contributed by atoms with Crippen LogP contribution in [0.1, 0.15) is 38.5 Å². The largest absolute Gasteiger partial charge is 0.352 e. The van der Waals surface area contributed by atoms with Gasteiger partial charge in [0.05, 0.1) is 5.54 Å². The van der Waals surface area contributed by atoms with E-state index >= 15 is 0 Å². The molecule has 0 saturated carbocycles. The first-order valence-corrected chi connectivity index (χ1v) is 6.96. The highest BCUT2D eigenvalue weighted by molar-refractivity contribution is 7.09. The lowest BCUT2D eigenvalue weighted by Gasteiger charge is -2.25. The third-order valence-electron chi connectivity index (χ3n) is 2.75. The fourth-order valence-electron chi connectivity index (χ4n) is 1.80. The second-order valence-corrected chi connectivity index (χ2v) is 5.86. The number of thiophene rings is 1. The highest BCUT2D eigenvalue weighted by Gasteiger charge is 2.27. The molecule has 1 amide bonds. The maximum absolute atomic E-state index is 12.0. The molecule has 0 saturated heterocycles. The number of halogens is 1. The Hall–Kier alpha value is -0.580. The zero-order chi connectivity index (χ0) is 12.9. The molecule has 104 valence electrons. The Morgan fingerprint density at radius 1 is 1.61 bits per heavy atom. The van der Waals surface area contributed by atoms with E-state index in [1.807, 2.05) is 25.3 Å². The van der Waals surface area contributed by atoms with E-state index < -0.39 is 5.54 Å². The van der Waals surface area contributed by atoms with Gasteiger partial charge in [-0.2, -0.15) is 0 Å². The molecule has 1 heterocycles. The van der Waals surface area contributed by atoms with Crippen molar-refractivity contribution in [2.24, 2.45) is 5.73 Å². The van der Waals surface area contributed by atoms with Crippen LogP contribution in [0.15, 0.2) is 17.5 Å². The molecule has 0 aliphatic rings. The summed E-state index contributed by atoms with van der Waals surface area (Å²) in [7, 11) is 0. The Morgan fingerprint density at radius 3 is 2.78 bits per heavy atom. The van der Waals surface area contributed by atoms with Crippen LogP contribution in [0.3, 0.4) is 0 Å². The summed E-state index contributed by atoms with van der Waals surface area (Å²) < 4.78 is 0. The van der Waals surface area contributed by atoms with Gasteiger partial charge in [-0.1, -0.05) is 19.4 Å². The SMILES string of the molecule is CCCC(C)(N)C(=O)NC(C)Cc1cccs1.Cl. The van der Waals surface area contributed by atoms with Gasteiger partial charge in [0.1, 0.15) is 0 Å². The molecule has 3 nitrogen and oxygen atoms in total. The van der Waals surface area contributed by atoms with Crippen LogP contribution in [0.2, 0.25) is 0 Å². The summed E-state index contributed by atoms with van der Waals surface area (Å²) in [5, 5.41) is 5.04. The molecule has 5 heteroatoms. The molecular formula is C13H23ClN2OS. The molecule has 1 aromatic rings. The van der Waals surface area contributed by atoms with Gasteiger partial charge >= 0.3 is 0 Å². The van der Waals surface area contributed by atoms with Gasteiger partial charge in [0.15, 0.2) is 0 Å². The second kappa shape index (κ2) is 7.77. The maximum atomic E-state index is 12.0. The molecule has 0 aliphatic heterocycles. The smallest absolute Gasteiger partial charge is 0.240 e. The minimum Gasteiger partial charge on any atom is -0.352 e. The average molecular weight is 291 g/mol. The van der Waals surface area contributed by atoms with E-state index in [1.165, 1.54) is 4.88 Å². The van der Waals surface area contributed by atoms with Gasteiger partial charge < -0.3 is 11.1 Å². The van der Waals surface area contributed by atoms with E-state index in [4.69, 9.17) is 5.73 Å². The Labute approximate surface area is 120 Å². The van der Waals surface area contributed by atoms with Crippen LogP contribution in [0.25, 0.3) is 0 Å². The number of rotatable bonds is 6. The van der Waals surface area contributed by atoms with Crippen LogP contribution in [0.4, 0.5) is 0 Å². The minimum atomic E-state index is -0.752. The van der Waals surface area contributed by atoms with E-state index in [-0.39, 0.29) is 24.4 Å².